The Balaban J connectivity index is 1.97. The number of halogens is 2. The van der Waals surface area contributed by atoms with Gasteiger partial charge in [0.15, 0.2) is 10.9 Å². The van der Waals surface area contributed by atoms with E-state index in [0.717, 1.165) is 0 Å². The molecule has 1 fully saturated rings. The fourth-order valence-electron chi connectivity index (χ4n) is 2.73. The number of carbonyl (C=O) groups is 2. The summed E-state index contributed by atoms with van der Waals surface area (Å²) in [6.45, 7) is 3.80. The van der Waals surface area contributed by atoms with Crippen molar-refractivity contribution in [1.82, 2.24) is 5.32 Å². The van der Waals surface area contributed by atoms with Gasteiger partial charge < -0.3 is 9.47 Å². The number of benzene rings is 2. The zero-order valence-electron chi connectivity index (χ0n) is 15.8. The third-order valence-corrected chi connectivity index (χ3v) is 4.96. The monoisotopic (exact) mass is 462 g/mol. The lowest BCUT2D eigenvalue weighted by molar-refractivity contribution is -0.122. The Morgan fingerprint density at radius 1 is 1.17 bits per heavy atom. The van der Waals surface area contributed by atoms with Crippen LogP contribution >= 0.6 is 35.4 Å². The maximum absolute atomic E-state index is 13.1. The number of rotatable bonds is 6. The average molecular weight is 463 g/mol. The summed E-state index contributed by atoms with van der Waals surface area (Å²) in [5, 5.41) is 2.98. The Morgan fingerprint density at radius 2 is 1.80 bits per heavy atom. The highest BCUT2D eigenvalue weighted by Gasteiger charge is 2.34. The number of carbonyl (C=O) groups excluding carboxylic acids is 2. The molecule has 6 nitrogen and oxygen atoms in total. The molecule has 2 aromatic carbocycles. The minimum Gasteiger partial charge on any atom is -0.497 e. The van der Waals surface area contributed by atoms with Gasteiger partial charge in [0.05, 0.1) is 22.8 Å². The van der Waals surface area contributed by atoms with E-state index in [1.54, 1.807) is 42.5 Å². The molecule has 154 valence electrons. The summed E-state index contributed by atoms with van der Waals surface area (Å²) in [6.07, 6.45) is 2.95. The highest BCUT2D eigenvalue weighted by molar-refractivity contribution is 7.80. The first-order valence-electron chi connectivity index (χ1n) is 8.64. The molecule has 0 bridgehead atoms. The molecule has 1 aliphatic heterocycles. The van der Waals surface area contributed by atoms with E-state index >= 15 is 0 Å². The van der Waals surface area contributed by atoms with Gasteiger partial charge in [0, 0.05) is 0 Å². The maximum atomic E-state index is 13.1. The minimum atomic E-state index is -0.617. The zero-order valence-corrected chi connectivity index (χ0v) is 18.1. The predicted octanol–water partition coefficient (Wildman–Crippen LogP) is 4.40. The van der Waals surface area contributed by atoms with Gasteiger partial charge in [-0.3, -0.25) is 19.8 Å². The van der Waals surface area contributed by atoms with Gasteiger partial charge in [0.25, 0.3) is 11.8 Å². The number of ether oxygens (including phenoxy) is 2. The number of amides is 2. The number of nitrogens with one attached hydrogen (secondary N) is 1. The molecule has 0 saturated carbocycles. The molecular weight excluding hydrogens is 447 g/mol. The van der Waals surface area contributed by atoms with Crippen molar-refractivity contribution >= 4 is 64.1 Å². The molecule has 0 unspecified atom stereocenters. The molecule has 1 aliphatic rings. The summed E-state index contributed by atoms with van der Waals surface area (Å²) < 4.78 is 10.6. The minimum absolute atomic E-state index is 0.0171. The quantitative estimate of drug-likeness (QED) is 0.298. The van der Waals surface area contributed by atoms with Crippen molar-refractivity contribution < 1.29 is 19.1 Å². The van der Waals surface area contributed by atoms with Gasteiger partial charge in [-0.15, -0.1) is 0 Å². The average Bonchev–Trinajstić information content (AvgIpc) is 2.71. The van der Waals surface area contributed by atoms with Crippen LogP contribution in [0, 0.1) is 0 Å². The highest BCUT2D eigenvalue weighted by Crippen LogP contribution is 2.35. The number of anilines is 1. The molecule has 0 radical (unpaired) electrons. The lowest BCUT2D eigenvalue weighted by Gasteiger charge is -2.29. The standard InChI is InChI=1S/C21H16Cl2N2O4S/c1-3-8-29-18-16(22)10-12(11-17(18)23)9-15-19(26)24-21(30)25(20(15)27)13-4-6-14(28-2)7-5-13/h3-7,9-11H,1,8H2,2H3,(H,24,26,30)/b15-9-. The summed E-state index contributed by atoms with van der Waals surface area (Å²) in [4.78, 5) is 26.7. The predicted molar refractivity (Wildman–Crippen MR) is 121 cm³/mol. The highest BCUT2D eigenvalue weighted by atomic mass is 35.5. The Hall–Kier alpha value is -2.87. The van der Waals surface area contributed by atoms with Crippen molar-refractivity contribution in [3.05, 3.63) is 70.2 Å². The Kier molecular flexibility index (Phi) is 6.77. The van der Waals surface area contributed by atoms with Gasteiger partial charge in [-0.1, -0.05) is 35.9 Å². The van der Waals surface area contributed by atoms with Gasteiger partial charge in [-0.2, -0.15) is 0 Å². The Labute approximate surface area is 188 Å². The van der Waals surface area contributed by atoms with Gasteiger partial charge in [0.1, 0.15) is 17.9 Å². The maximum Gasteiger partial charge on any atom is 0.270 e. The van der Waals surface area contributed by atoms with Crippen LogP contribution < -0.4 is 19.7 Å². The van der Waals surface area contributed by atoms with Gasteiger partial charge in [-0.05, 0) is 60.3 Å². The van der Waals surface area contributed by atoms with Crippen LogP contribution in [0.3, 0.4) is 0 Å². The number of hydrogen-bond acceptors (Lipinski definition) is 5. The first-order valence-corrected chi connectivity index (χ1v) is 9.80. The normalized spacial score (nSPS) is 15.2. The summed E-state index contributed by atoms with van der Waals surface area (Å²) in [7, 11) is 1.54. The van der Waals surface area contributed by atoms with Crippen molar-refractivity contribution in [2.75, 3.05) is 18.6 Å². The second-order valence-electron chi connectivity index (χ2n) is 6.07. The van der Waals surface area contributed by atoms with Crippen LogP contribution in [0.1, 0.15) is 5.56 Å². The molecule has 1 saturated heterocycles. The van der Waals surface area contributed by atoms with Crippen molar-refractivity contribution in [2.45, 2.75) is 0 Å². The molecule has 0 aromatic heterocycles. The summed E-state index contributed by atoms with van der Waals surface area (Å²) in [5.41, 5.74) is 0.823. The van der Waals surface area contributed by atoms with Crippen molar-refractivity contribution in [3.63, 3.8) is 0 Å². The SMILES string of the molecule is C=CCOc1c(Cl)cc(/C=C2/C(=O)NC(=S)N(c3ccc(OC)cc3)C2=O)cc1Cl. The molecule has 1 N–H and O–H groups in total. The number of thiocarbonyl (C=S) groups is 1. The van der Waals surface area contributed by atoms with Crippen LogP contribution in [0.2, 0.25) is 10.0 Å². The van der Waals surface area contributed by atoms with Gasteiger partial charge in [-0.25, -0.2) is 0 Å². The molecule has 30 heavy (non-hydrogen) atoms. The molecule has 2 amide bonds. The fraction of sp³-hybridized carbons (Fsp3) is 0.0952. The lowest BCUT2D eigenvalue weighted by atomic mass is 10.1. The molecule has 3 rings (SSSR count). The molecule has 0 aliphatic carbocycles. The molecule has 9 heteroatoms. The zero-order chi connectivity index (χ0) is 21.8. The van der Waals surface area contributed by atoms with E-state index in [-0.39, 0.29) is 27.3 Å². The van der Waals surface area contributed by atoms with Gasteiger partial charge in [0.2, 0.25) is 0 Å². The van der Waals surface area contributed by atoms with E-state index in [0.29, 0.717) is 22.7 Å². The molecule has 2 aromatic rings. The van der Waals surface area contributed by atoms with Crippen LogP contribution in [0.25, 0.3) is 6.08 Å². The van der Waals surface area contributed by atoms with Crippen LogP contribution in [-0.4, -0.2) is 30.6 Å². The fourth-order valence-corrected chi connectivity index (χ4v) is 3.63. The summed E-state index contributed by atoms with van der Waals surface area (Å²) in [6, 6.07) is 9.79. The van der Waals surface area contributed by atoms with E-state index in [9.17, 15) is 9.59 Å². The van der Waals surface area contributed by atoms with Crippen molar-refractivity contribution in [1.29, 1.82) is 0 Å². The Morgan fingerprint density at radius 3 is 2.37 bits per heavy atom. The molecular formula is C21H16Cl2N2O4S. The molecule has 0 atom stereocenters. The molecule has 0 spiro atoms. The van der Waals surface area contributed by atoms with Crippen LogP contribution in [0.15, 0.2) is 54.6 Å². The summed E-state index contributed by atoms with van der Waals surface area (Å²) >= 11 is 17.7. The van der Waals surface area contributed by atoms with E-state index in [1.165, 1.54) is 18.1 Å². The molecule has 1 heterocycles. The van der Waals surface area contributed by atoms with E-state index in [1.807, 2.05) is 0 Å². The van der Waals surface area contributed by atoms with Crippen LogP contribution in [0.5, 0.6) is 11.5 Å². The van der Waals surface area contributed by atoms with E-state index < -0.39 is 11.8 Å². The van der Waals surface area contributed by atoms with Crippen molar-refractivity contribution in [3.8, 4) is 11.5 Å². The third-order valence-electron chi connectivity index (χ3n) is 4.11. The second-order valence-corrected chi connectivity index (χ2v) is 7.27. The van der Waals surface area contributed by atoms with E-state index in [4.69, 9.17) is 44.9 Å². The summed E-state index contributed by atoms with van der Waals surface area (Å²) in [5.74, 6) is -0.278. The second kappa shape index (κ2) is 9.30. The first kappa shape index (κ1) is 21.8. The first-order chi connectivity index (χ1) is 14.3. The third kappa shape index (κ3) is 4.48. The van der Waals surface area contributed by atoms with E-state index in [2.05, 4.69) is 11.9 Å². The topological polar surface area (TPSA) is 67.9 Å². The lowest BCUT2D eigenvalue weighted by Crippen LogP contribution is -2.54. The number of methoxy groups -OCH3 is 1. The van der Waals surface area contributed by atoms with Crippen LogP contribution in [0.4, 0.5) is 5.69 Å². The number of nitrogens with zero attached hydrogens (tertiary/aromatic N) is 1. The van der Waals surface area contributed by atoms with Gasteiger partial charge >= 0.3 is 0 Å². The van der Waals surface area contributed by atoms with Crippen LogP contribution in [-0.2, 0) is 9.59 Å². The smallest absolute Gasteiger partial charge is 0.270 e. The number of hydrogen-bond donors (Lipinski definition) is 1. The largest absolute Gasteiger partial charge is 0.497 e. The van der Waals surface area contributed by atoms with Crippen molar-refractivity contribution in [2.24, 2.45) is 0 Å². The Bertz CT molecular complexity index is 1040.